The second-order valence-corrected chi connectivity index (χ2v) is 5.51. The third-order valence-corrected chi connectivity index (χ3v) is 3.60. The SMILES string of the molecule is CCCCCCCOc1ccc(C(C)NCCC)cc1. The van der Waals surface area contributed by atoms with Crippen LogP contribution in [-0.4, -0.2) is 13.2 Å². The Morgan fingerprint density at radius 2 is 1.65 bits per heavy atom. The van der Waals surface area contributed by atoms with E-state index in [1.807, 2.05) is 0 Å². The summed E-state index contributed by atoms with van der Waals surface area (Å²) in [5.41, 5.74) is 1.33. The molecule has 114 valence electrons. The summed E-state index contributed by atoms with van der Waals surface area (Å²) >= 11 is 0. The Morgan fingerprint density at radius 1 is 0.950 bits per heavy atom. The second-order valence-electron chi connectivity index (χ2n) is 5.51. The van der Waals surface area contributed by atoms with Crippen LogP contribution in [0.5, 0.6) is 5.75 Å². The van der Waals surface area contributed by atoms with Gasteiger partial charge in [-0.25, -0.2) is 0 Å². The van der Waals surface area contributed by atoms with Crippen molar-refractivity contribution in [1.29, 1.82) is 0 Å². The third kappa shape index (κ3) is 6.95. The lowest BCUT2D eigenvalue weighted by atomic mass is 10.1. The molecule has 1 aromatic rings. The van der Waals surface area contributed by atoms with E-state index in [4.69, 9.17) is 4.74 Å². The zero-order valence-corrected chi connectivity index (χ0v) is 13.5. The fraction of sp³-hybridized carbons (Fsp3) is 0.667. The normalized spacial score (nSPS) is 12.3. The predicted molar refractivity (Wildman–Crippen MR) is 87.4 cm³/mol. The van der Waals surface area contributed by atoms with Crippen LogP contribution in [0, 0.1) is 0 Å². The Kier molecular flexibility index (Phi) is 9.14. The molecule has 0 saturated heterocycles. The van der Waals surface area contributed by atoms with Gasteiger partial charge < -0.3 is 10.1 Å². The van der Waals surface area contributed by atoms with Gasteiger partial charge in [0.15, 0.2) is 0 Å². The number of ether oxygens (including phenoxy) is 1. The van der Waals surface area contributed by atoms with Gasteiger partial charge >= 0.3 is 0 Å². The highest BCUT2D eigenvalue weighted by atomic mass is 16.5. The first kappa shape index (κ1) is 17.0. The van der Waals surface area contributed by atoms with Gasteiger partial charge in [0.05, 0.1) is 6.61 Å². The number of benzene rings is 1. The van der Waals surface area contributed by atoms with Crippen molar-refractivity contribution in [2.75, 3.05) is 13.2 Å². The van der Waals surface area contributed by atoms with E-state index in [0.717, 1.165) is 25.3 Å². The van der Waals surface area contributed by atoms with E-state index in [9.17, 15) is 0 Å². The maximum Gasteiger partial charge on any atom is 0.119 e. The molecule has 0 bridgehead atoms. The smallest absolute Gasteiger partial charge is 0.119 e. The van der Waals surface area contributed by atoms with Gasteiger partial charge in [-0.15, -0.1) is 0 Å². The Bertz CT molecular complexity index is 334. The Morgan fingerprint density at radius 3 is 2.30 bits per heavy atom. The number of nitrogens with one attached hydrogen (secondary N) is 1. The summed E-state index contributed by atoms with van der Waals surface area (Å²) in [5.74, 6) is 0.993. The molecule has 0 aliphatic heterocycles. The van der Waals surface area contributed by atoms with Crippen LogP contribution in [0.2, 0.25) is 0 Å². The Balaban J connectivity index is 2.24. The highest BCUT2D eigenvalue weighted by Crippen LogP contribution is 2.18. The van der Waals surface area contributed by atoms with Crippen LogP contribution in [0.25, 0.3) is 0 Å². The number of hydrogen-bond acceptors (Lipinski definition) is 2. The standard InChI is InChI=1S/C18H31NO/c1-4-6-7-8-9-15-20-18-12-10-17(11-13-18)16(3)19-14-5-2/h10-13,16,19H,4-9,14-15H2,1-3H3. The minimum absolute atomic E-state index is 0.415. The lowest BCUT2D eigenvalue weighted by Crippen LogP contribution is -2.19. The van der Waals surface area contributed by atoms with Crippen LogP contribution < -0.4 is 10.1 Å². The molecule has 1 unspecified atom stereocenters. The van der Waals surface area contributed by atoms with Crippen LogP contribution in [0.1, 0.15) is 70.9 Å². The van der Waals surface area contributed by atoms with Crippen LogP contribution in [0.4, 0.5) is 0 Å². The maximum atomic E-state index is 5.78. The van der Waals surface area contributed by atoms with E-state index in [1.54, 1.807) is 0 Å². The maximum absolute atomic E-state index is 5.78. The monoisotopic (exact) mass is 277 g/mol. The van der Waals surface area contributed by atoms with Gasteiger partial charge in [0.25, 0.3) is 0 Å². The molecule has 0 aliphatic rings. The van der Waals surface area contributed by atoms with E-state index < -0.39 is 0 Å². The van der Waals surface area contributed by atoms with E-state index in [-0.39, 0.29) is 0 Å². The van der Waals surface area contributed by atoms with Crippen molar-refractivity contribution < 1.29 is 4.74 Å². The molecule has 20 heavy (non-hydrogen) atoms. The quantitative estimate of drug-likeness (QED) is 0.568. The molecule has 0 aliphatic carbocycles. The first-order valence-corrected chi connectivity index (χ1v) is 8.24. The molecular formula is C18H31NO. The predicted octanol–water partition coefficient (Wildman–Crippen LogP) is 5.10. The molecule has 0 spiro atoms. The first-order chi connectivity index (χ1) is 9.77. The summed E-state index contributed by atoms with van der Waals surface area (Å²) in [6.45, 7) is 8.55. The average molecular weight is 277 g/mol. The molecule has 0 fully saturated rings. The Labute approximate surface area is 124 Å². The molecule has 1 atom stereocenters. The van der Waals surface area contributed by atoms with E-state index in [2.05, 4.69) is 50.4 Å². The fourth-order valence-electron chi connectivity index (χ4n) is 2.23. The number of hydrogen-bond donors (Lipinski definition) is 1. The highest BCUT2D eigenvalue weighted by molar-refractivity contribution is 5.28. The molecule has 0 saturated carbocycles. The highest BCUT2D eigenvalue weighted by Gasteiger charge is 2.03. The fourth-order valence-corrected chi connectivity index (χ4v) is 2.23. The van der Waals surface area contributed by atoms with Crippen LogP contribution in [-0.2, 0) is 0 Å². The molecular weight excluding hydrogens is 246 g/mol. The van der Waals surface area contributed by atoms with Crippen molar-refractivity contribution in [2.24, 2.45) is 0 Å². The van der Waals surface area contributed by atoms with Crippen molar-refractivity contribution in [1.82, 2.24) is 5.32 Å². The second kappa shape index (κ2) is 10.7. The minimum atomic E-state index is 0.415. The average Bonchev–Trinajstić information content (AvgIpc) is 2.49. The summed E-state index contributed by atoms with van der Waals surface area (Å²) in [6.07, 6.45) is 7.59. The Hall–Kier alpha value is -1.02. The van der Waals surface area contributed by atoms with Gasteiger partial charge in [-0.05, 0) is 44.0 Å². The molecule has 2 nitrogen and oxygen atoms in total. The molecule has 0 amide bonds. The first-order valence-electron chi connectivity index (χ1n) is 8.24. The lowest BCUT2D eigenvalue weighted by molar-refractivity contribution is 0.304. The summed E-state index contributed by atoms with van der Waals surface area (Å²) in [7, 11) is 0. The van der Waals surface area contributed by atoms with Crippen LogP contribution >= 0.6 is 0 Å². The van der Waals surface area contributed by atoms with E-state index in [0.29, 0.717) is 6.04 Å². The molecule has 0 radical (unpaired) electrons. The van der Waals surface area contributed by atoms with Crippen molar-refractivity contribution >= 4 is 0 Å². The summed E-state index contributed by atoms with van der Waals surface area (Å²) < 4.78 is 5.78. The van der Waals surface area contributed by atoms with Gasteiger partial charge in [0.1, 0.15) is 5.75 Å². The summed E-state index contributed by atoms with van der Waals surface area (Å²) in [6, 6.07) is 8.93. The van der Waals surface area contributed by atoms with Crippen LogP contribution in [0.15, 0.2) is 24.3 Å². The van der Waals surface area contributed by atoms with Gasteiger partial charge in [0.2, 0.25) is 0 Å². The molecule has 1 aromatic carbocycles. The minimum Gasteiger partial charge on any atom is -0.494 e. The molecule has 1 rings (SSSR count). The van der Waals surface area contributed by atoms with Crippen molar-refractivity contribution in [3.05, 3.63) is 29.8 Å². The topological polar surface area (TPSA) is 21.3 Å². The number of unbranched alkanes of at least 4 members (excludes halogenated alkanes) is 4. The van der Waals surface area contributed by atoms with Gasteiger partial charge in [0, 0.05) is 6.04 Å². The van der Waals surface area contributed by atoms with Crippen molar-refractivity contribution in [3.63, 3.8) is 0 Å². The largest absolute Gasteiger partial charge is 0.494 e. The zero-order chi connectivity index (χ0) is 14.6. The van der Waals surface area contributed by atoms with Crippen molar-refractivity contribution in [2.45, 2.75) is 65.3 Å². The van der Waals surface area contributed by atoms with Crippen LogP contribution in [0.3, 0.4) is 0 Å². The molecule has 0 heterocycles. The van der Waals surface area contributed by atoms with Gasteiger partial charge in [-0.3, -0.25) is 0 Å². The van der Waals surface area contributed by atoms with Gasteiger partial charge in [-0.2, -0.15) is 0 Å². The molecule has 1 N–H and O–H groups in total. The zero-order valence-electron chi connectivity index (χ0n) is 13.5. The van der Waals surface area contributed by atoms with Gasteiger partial charge in [-0.1, -0.05) is 51.7 Å². The number of rotatable bonds is 11. The van der Waals surface area contributed by atoms with Crippen molar-refractivity contribution in [3.8, 4) is 5.75 Å². The molecule has 0 aromatic heterocycles. The third-order valence-electron chi connectivity index (χ3n) is 3.60. The lowest BCUT2D eigenvalue weighted by Gasteiger charge is -2.14. The molecule has 2 heteroatoms. The summed E-state index contributed by atoms with van der Waals surface area (Å²) in [4.78, 5) is 0. The van der Waals surface area contributed by atoms with E-state index in [1.165, 1.54) is 37.7 Å². The van der Waals surface area contributed by atoms with E-state index >= 15 is 0 Å². The summed E-state index contributed by atoms with van der Waals surface area (Å²) in [5, 5.41) is 3.50.